The van der Waals surface area contributed by atoms with Crippen LogP contribution in [0.15, 0.2) is 51.4 Å². The second kappa shape index (κ2) is 10.9. The second-order valence-corrected chi connectivity index (χ2v) is 6.47. The molecule has 0 aromatic heterocycles. The van der Waals surface area contributed by atoms with Crippen molar-refractivity contribution in [1.82, 2.24) is 15.8 Å². The van der Waals surface area contributed by atoms with Crippen molar-refractivity contribution in [2.75, 3.05) is 7.05 Å². The zero-order chi connectivity index (χ0) is 24.5. The summed E-state index contributed by atoms with van der Waals surface area (Å²) in [6.45, 7) is -0.0394. The minimum absolute atomic E-state index is 0.0615. The summed E-state index contributed by atoms with van der Waals surface area (Å²) < 4.78 is 0. The van der Waals surface area contributed by atoms with Crippen molar-refractivity contribution in [2.24, 2.45) is 32.2 Å². The Hall–Kier alpha value is -4.88. The lowest BCUT2D eigenvalue weighted by Gasteiger charge is -2.22. The van der Waals surface area contributed by atoms with Crippen molar-refractivity contribution in [3.63, 3.8) is 0 Å². The van der Waals surface area contributed by atoms with Crippen molar-refractivity contribution in [3.8, 4) is 23.0 Å². The van der Waals surface area contributed by atoms with Crippen LogP contribution < -0.4 is 27.9 Å². The van der Waals surface area contributed by atoms with Gasteiger partial charge in [-0.05, 0) is 12.1 Å². The Morgan fingerprint density at radius 3 is 2.12 bits per heavy atom. The van der Waals surface area contributed by atoms with Crippen molar-refractivity contribution < 1.29 is 20.4 Å². The summed E-state index contributed by atoms with van der Waals surface area (Å²) in [6, 6.07) is 8.88. The molecule has 0 saturated carbocycles. The number of rotatable bonds is 4. The van der Waals surface area contributed by atoms with Gasteiger partial charge in [0.25, 0.3) is 0 Å². The smallest absolute Gasteiger partial charge is 0.221 e. The van der Waals surface area contributed by atoms with Gasteiger partial charge >= 0.3 is 0 Å². The number of aromatic hydroxyl groups is 4. The van der Waals surface area contributed by atoms with Gasteiger partial charge < -0.3 is 42.9 Å². The van der Waals surface area contributed by atoms with Crippen molar-refractivity contribution in [1.29, 1.82) is 5.41 Å². The third-order valence-corrected chi connectivity index (χ3v) is 4.18. The van der Waals surface area contributed by atoms with Crippen molar-refractivity contribution >= 4 is 23.8 Å². The van der Waals surface area contributed by atoms with Gasteiger partial charge in [-0.25, -0.2) is 4.99 Å². The minimum Gasteiger partial charge on any atom is -0.504 e. The van der Waals surface area contributed by atoms with Gasteiger partial charge in [-0.3, -0.25) is 15.8 Å². The number of phenolic OH excluding ortho intramolecular Hbond substituents is 4. The molecule has 0 radical (unpaired) electrons. The first-order valence-electron chi connectivity index (χ1n) is 9.39. The first-order valence-corrected chi connectivity index (χ1v) is 9.39. The van der Waals surface area contributed by atoms with Crippen LogP contribution in [-0.2, 0) is 13.1 Å². The van der Waals surface area contributed by atoms with Crippen LogP contribution in [0.5, 0.6) is 23.0 Å². The molecule has 0 aliphatic heterocycles. The average molecular weight is 458 g/mol. The number of hydrazine groups is 1. The number of benzene rings is 2. The first-order chi connectivity index (χ1) is 15.6. The zero-order valence-electron chi connectivity index (χ0n) is 17.7. The number of aliphatic imine (C=N–C) groups is 3. The number of guanidine groups is 4. The third kappa shape index (κ3) is 6.55. The number of nitrogens with zero attached hydrogens (tertiary/aromatic N) is 4. The molecule has 0 unspecified atom stereocenters. The number of para-hydroxylation sites is 2. The summed E-state index contributed by atoms with van der Waals surface area (Å²) in [5, 5.41) is 50.2. The molecule has 0 saturated heterocycles. The van der Waals surface area contributed by atoms with Gasteiger partial charge in [0.1, 0.15) is 0 Å². The maximum Gasteiger partial charge on any atom is 0.221 e. The molecular formula is C19H26N10O4. The number of phenols is 4. The van der Waals surface area contributed by atoms with Crippen LogP contribution in [0.2, 0.25) is 0 Å². The first kappa shape index (κ1) is 24.4. The van der Waals surface area contributed by atoms with E-state index in [4.69, 9.17) is 22.6 Å². The van der Waals surface area contributed by atoms with Gasteiger partial charge in [-0.1, -0.05) is 24.3 Å². The van der Waals surface area contributed by atoms with E-state index in [9.17, 15) is 20.4 Å². The molecule has 0 aliphatic carbocycles. The highest BCUT2D eigenvalue weighted by molar-refractivity contribution is 6.00. The highest BCUT2D eigenvalue weighted by Gasteiger charge is 2.14. The molecule has 2 aromatic rings. The average Bonchev–Trinajstić information content (AvgIpc) is 2.78. The van der Waals surface area contributed by atoms with E-state index in [1.165, 1.54) is 31.3 Å². The van der Waals surface area contributed by atoms with Gasteiger partial charge in [0.2, 0.25) is 23.8 Å². The lowest BCUT2D eigenvalue weighted by molar-refractivity contribution is 0.399. The fourth-order valence-corrected chi connectivity index (χ4v) is 2.50. The number of nitrogens with one attached hydrogen (secondary N) is 3. The van der Waals surface area contributed by atoms with Gasteiger partial charge in [0.05, 0.1) is 6.54 Å². The molecule has 0 heterocycles. The Kier molecular flexibility index (Phi) is 8.09. The summed E-state index contributed by atoms with van der Waals surface area (Å²) in [5.74, 6) is -2.21. The Morgan fingerprint density at radius 2 is 1.55 bits per heavy atom. The van der Waals surface area contributed by atoms with Crippen molar-refractivity contribution in [2.45, 2.75) is 13.1 Å². The van der Waals surface area contributed by atoms with Crippen LogP contribution in [0.1, 0.15) is 11.1 Å². The third-order valence-electron chi connectivity index (χ3n) is 4.18. The van der Waals surface area contributed by atoms with Gasteiger partial charge in [0, 0.05) is 24.7 Å². The fourth-order valence-electron chi connectivity index (χ4n) is 2.50. The lowest BCUT2D eigenvalue weighted by Crippen LogP contribution is -2.57. The molecule has 33 heavy (non-hydrogen) atoms. The van der Waals surface area contributed by atoms with E-state index in [2.05, 4.69) is 25.7 Å². The summed E-state index contributed by atoms with van der Waals surface area (Å²) in [6.07, 6.45) is 0. The van der Waals surface area contributed by atoms with E-state index in [1.54, 1.807) is 12.1 Å². The molecule has 0 fully saturated rings. The number of hydrogen-bond acceptors (Lipinski definition) is 7. The zero-order valence-corrected chi connectivity index (χ0v) is 17.7. The van der Waals surface area contributed by atoms with E-state index >= 15 is 0 Å². The molecule has 0 atom stereocenters. The summed E-state index contributed by atoms with van der Waals surface area (Å²) in [5.41, 5.74) is 20.4. The number of hydrogen-bond donors (Lipinski definition) is 10. The molecule has 14 nitrogen and oxygen atoms in total. The van der Waals surface area contributed by atoms with Crippen LogP contribution >= 0.6 is 0 Å². The quantitative estimate of drug-likeness (QED) is 0.117. The molecule has 0 bridgehead atoms. The Morgan fingerprint density at radius 1 is 0.970 bits per heavy atom. The Labute approximate surface area is 188 Å². The topological polar surface area (TPSA) is 247 Å². The van der Waals surface area contributed by atoms with E-state index in [1.807, 2.05) is 0 Å². The van der Waals surface area contributed by atoms with Gasteiger partial charge in [-0.15, -0.1) is 0 Å². The highest BCUT2D eigenvalue weighted by atomic mass is 16.3. The lowest BCUT2D eigenvalue weighted by atomic mass is 10.2. The van der Waals surface area contributed by atoms with E-state index in [0.717, 1.165) is 5.01 Å². The molecule has 2 rings (SSSR count). The normalized spacial score (nSPS) is 12.3. The van der Waals surface area contributed by atoms with E-state index in [0.29, 0.717) is 11.1 Å². The number of nitrogens with two attached hydrogens (primary N) is 3. The van der Waals surface area contributed by atoms with Crippen molar-refractivity contribution in [3.05, 3.63) is 47.5 Å². The molecule has 0 spiro atoms. The van der Waals surface area contributed by atoms with Gasteiger partial charge in [0.15, 0.2) is 23.0 Å². The molecule has 0 aliphatic rings. The Bertz CT molecular complexity index is 1100. The monoisotopic (exact) mass is 458 g/mol. The second-order valence-electron chi connectivity index (χ2n) is 6.47. The standard InChI is InChI=1S/C19H26N10O4/c1-24-19(26-9-11-5-3-7-13(31)15(11)33)27-17(22)28-29(16(20)21)18(23)25-8-10-4-2-6-12(30)14(10)32/h2-7,30-33H,8-9H2,1H3,(H3,20,21)(H2,23,25)(H4,22,24,26,27,28). The predicted molar refractivity (Wildman–Crippen MR) is 124 cm³/mol. The maximum absolute atomic E-state index is 9.87. The summed E-state index contributed by atoms with van der Waals surface area (Å²) >= 11 is 0. The van der Waals surface area contributed by atoms with Gasteiger partial charge in [-0.2, -0.15) is 10.0 Å². The molecule has 0 amide bonds. The summed E-state index contributed by atoms with van der Waals surface area (Å²) in [4.78, 5) is 12.0. The Balaban J connectivity index is 2.09. The van der Waals surface area contributed by atoms with E-state index < -0.39 is 5.96 Å². The fraction of sp³-hybridized carbons (Fsp3) is 0.158. The summed E-state index contributed by atoms with van der Waals surface area (Å²) in [7, 11) is 1.45. The SMILES string of the molecule is CN=C(N=C(N)NN(C(=N)N)C(N)=NCc1cccc(O)c1O)NCc1cccc(O)c1O. The highest BCUT2D eigenvalue weighted by Crippen LogP contribution is 2.29. The van der Waals surface area contributed by atoms with E-state index in [-0.39, 0.29) is 54.0 Å². The molecule has 13 N–H and O–H groups in total. The van der Waals surface area contributed by atoms with Crippen LogP contribution in [0, 0.1) is 5.41 Å². The maximum atomic E-state index is 9.87. The van der Waals surface area contributed by atoms with Crippen LogP contribution in [0.25, 0.3) is 0 Å². The largest absolute Gasteiger partial charge is 0.504 e. The molecule has 14 heteroatoms. The van der Waals surface area contributed by atoms with Crippen LogP contribution in [0.4, 0.5) is 0 Å². The van der Waals surface area contributed by atoms with Crippen LogP contribution in [-0.4, -0.2) is 56.3 Å². The van der Waals surface area contributed by atoms with Crippen LogP contribution in [0.3, 0.4) is 0 Å². The molecule has 176 valence electrons. The predicted octanol–water partition coefficient (Wildman–Crippen LogP) is -0.886. The molecular weight excluding hydrogens is 432 g/mol. The molecule has 2 aromatic carbocycles. The minimum atomic E-state index is -0.554.